The molecule has 0 aromatic heterocycles. The number of aliphatic imine (C=N–C) groups is 1. The van der Waals surface area contributed by atoms with Crippen LogP contribution in [0.15, 0.2) is 53.5 Å². The first-order chi connectivity index (χ1) is 12.7. The van der Waals surface area contributed by atoms with Crippen LogP contribution < -0.4 is 15.4 Å². The van der Waals surface area contributed by atoms with E-state index in [1.54, 1.807) is 7.05 Å². The van der Waals surface area contributed by atoms with Crippen molar-refractivity contribution in [1.29, 1.82) is 0 Å². The summed E-state index contributed by atoms with van der Waals surface area (Å²) in [7, 11) is 1.77. The fourth-order valence-corrected chi connectivity index (χ4v) is 2.48. The SMILES string of the molecule is CCOCCOc1cc(C)ccc1CNC(=NC)NCc1ccccc1.I. The van der Waals surface area contributed by atoms with Crippen LogP contribution in [0.2, 0.25) is 0 Å². The zero-order valence-corrected chi connectivity index (χ0v) is 18.7. The monoisotopic (exact) mass is 483 g/mol. The largest absolute Gasteiger partial charge is 0.491 e. The topological polar surface area (TPSA) is 54.9 Å². The quantitative estimate of drug-likeness (QED) is 0.246. The van der Waals surface area contributed by atoms with Crippen LogP contribution in [0.1, 0.15) is 23.6 Å². The number of rotatable bonds is 9. The Kier molecular flexibility index (Phi) is 11.5. The minimum absolute atomic E-state index is 0. The Morgan fingerprint density at radius 2 is 1.74 bits per heavy atom. The van der Waals surface area contributed by atoms with Crippen LogP contribution in [0.25, 0.3) is 0 Å². The van der Waals surface area contributed by atoms with Crippen molar-refractivity contribution in [2.75, 3.05) is 26.9 Å². The van der Waals surface area contributed by atoms with Gasteiger partial charge in [0.05, 0.1) is 6.61 Å². The van der Waals surface area contributed by atoms with E-state index < -0.39 is 0 Å². The molecule has 0 aliphatic heterocycles. The number of hydrogen-bond acceptors (Lipinski definition) is 3. The highest BCUT2D eigenvalue weighted by molar-refractivity contribution is 14.0. The van der Waals surface area contributed by atoms with E-state index in [4.69, 9.17) is 9.47 Å². The molecule has 0 amide bonds. The molecule has 2 aromatic rings. The van der Waals surface area contributed by atoms with Crippen LogP contribution >= 0.6 is 24.0 Å². The highest BCUT2D eigenvalue weighted by Crippen LogP contribution is 2.20. The molecule has 5 nitrogen and oxygen atoms in total. The van der Waals surface area contributed by atoms with E-state index in [0.717, 1.165) is 23.8 Å². The van der Waals surface area contributed by atoms with Gasteiger partial charge < -0.3 is 20.1 Å². The number of halogens is 1. The molecule has 0 fully saturated rings. The molecule has 2 N–H and O–H groups in total. The van der Waals surface area contributed by atoms with Crippen molar-refractivity contribution in [1.82, 2.24) is 10.6 Å². The molecule has 6 heteroatoms. The Labute approximate surface area is 179 Å². The van der Waals surface area contributed by atoms with Gasteiger partial charge in [0.2, 0.25) is 0 Å². The fourth-order valence-electron chi connectivity index (χ4n) is 2.48. The molecule has 0 spiro atoms. The van der Waals surface area contributed by atoms with Gasteiger partial charge in [-0.3, -0.25) is 4.99 Å². The molecule has 0 aliphatic carbocycles. The van der Waals surface area contributed by atoms with Gasteiger partial charge in [-0.2, -0.15) is 0 Å². The maximum atomic E-state index is 5.89. The van der Waals surface area contributed by atoms with Gasteiger partial charge >= 0.3 is 0 Å². The van der Waals surface area contributed by atoms with Crippen molar-refractivity contribution >= 4 is 29.9 Å². The third-order valence-corrected chi connectivity index (χ3v) is 3.88. The van der Waals surface area contributed by atoms with Crippen molar-refractivity contribution < 1.29 is 9.47 Å². The molecule has 2 aromatic carbocycles. The van der Waals surface area contributed by atoms with Gasteiger partial charge in [-0.15, -0.1) is 24.0 Å². The number of nitrogens with one attached hydrogen (secondary N) is 2. The van der Waals surface area contributed by atoms with Crippen LogP contribution in [0, 0.1) is 6.92 Å². The lowest BCUT2D eigenvalue weighted by molar-refractivity contribution is 0.110. The molecule has 0 radical (unpaired) electrons. The van der Waals surface area contributed by atoms with Crippen molar-refractivity contribution in [2.24, 2.45) is 4.99 Å². The summed E-state index contributed by atoms with van der Waals surface area (Å²) in [5.74, 6) is 1.64. The minimum Gasteiger partial charge on any atom is -0.491 e. The maximum absolute atomic E-state index is 5.89. The lowest BCUT2D eigenvalue weighted by atomic mass is 10.1. The molecular weight excluding hydrogens is 453 g/mol. The number of ether oxygens (including phenoxy) is 2. The summed E-state index contributed by atoms with van der Waals surface area (Å²) in [6.07, 6.45) is 0. The third kappa shape index (κ3) is 8.62. The normalized spacial score (nSPS) is 10.9. The molecule has 0 saturated carbocycles. The molecular formula is C21H30IN3O2. The van der Waals surface area contributed by atoms with Crippen LogP contribution in [0.3, 0.4) is 0 Å². The summed E-state index contributed by atoms with van der Waals surface area (Å²) >= 11 is 0. The molecule has 27 heavy (non-hydrogen) atoms. The average molecular weight is 483 g/mol. The van der Waals surface area contributed by atoms with E-state index in [1.165, 1.54) is 11.1 Å². The minimum atomic E-state index is 0. The van der Waals surface area contributed by atoms with Crippen molar-refractivity contribution in [3.63, 3.8) is 0 Å². The van der Waals surface area contributed by atoms with Crippen molar-refractivity contribution in [3.05, 3.63) is 65.2 Å². The lowest BCUT2D eigenvalue weighted by Gasteiger charge is -2.15. The maximum Gasteiger partial charge on any atom is 0.191 e. The first-order valence-corrected chi connectivity index (χ1v) is 9.01. The number of aryl methyl sites for hydroxylation is 1. The molecule has 0 saturated heterocycles. The number of guanidine groups is 1. The molecule has 2 rings (SSSR count). The molecule has 0 unspecified atom stereocenters. The molecule has 148 valence electrons. The number of hydrogen-bond donors (Lipinski definition) is 2. The van der Waals surface area contributed by atoms with E-state index in [1.807, 2.05) is 25.1 Å². The van der Waals surface area contributed by atoms with Gasteiger partial charge in [-0.1, -0.05) is 42.5 Å². The smallest absolute Gasteiger partial charge is 0.191 e. The van der Waals surface area contributed by atoms with Crippen molar-refractivity contribution in [3.8, 4) is 5.75 Å². The summed E-state index contributed by atoms with van der Waals surface area (Å²) in [5.41, 5.74) is 3.48. The Hall–Kier alpha value is -1.80. The Morgan fingerprint density at radius 3 is 2.44 bits per heavy atom. The summed E-state index contributed by atoms with van der Waals surface area (Å²) in [6, 6.07) is 16.5. The van der Waals surface area contributed by atoms with Gasteiger partial charge in [0.1, 0.15) is 12.4 Å². The van der Waals surface area contributed by atoms with E-state index >= 15 is 0 Å². The van der Waals surface area contributed by atoms with Gasteiger partial charge in [0, 0.05) is 32.3 Å². The van der Waals surface area contributed by atoms with E-state index in [9.17, 15) is 0 Å². The van der Waals surface area contributed by atoms with Crippen LogP contribution in [-0.2, 0) is 17.8 Å². The zero-order chi connectivity index (χ0) is 18.6. The molecule has 0 atom stereocenters. The van der Waals surface area contributed by atoms with Gasteiger partial charge in [-0.05, 0) is 31.0 Å². The van der Waals surface area contributed by atoms with Crippen LogP contribution in [-0.4, -0.2) is 32.8 Å². The summed E-state index contributed by atoms with van der Waals surface area (Å²) < 4.78 is 11.2. The van der Waals surface area contributed by atoms with Crippen LogP contribution in [0.5, 0.6) is 5.75 Å². The molecule has 0 bridgehead atoms. The van der Waals surface area contributed by atoms with Gasteiger partial charge in [0.15, 0.2) is 5.96 Å². The van der Waals surface area contributed by atoms with Gasteiger partial charge in [-0.25, -0.2) is 0 Å². The molecule has 0 heterocycles. The first-order valence-electron chi connectivity index (χ1n) is 9.01. The Bertz CT molecular complexity index is 693. The van der Waals surface area contributed by atoms with E-state index in [2.05, 4.69) is 52.9 Å². The predicted molar refractivity (Wildman–Crippen MR) is 122 cm³/mol. The Morgan fingerprint density at radius 1 is 1.00 bits per heavy atom. The predicted octanol–water partition coefficient (Wildman–Crippen LogP) is 3.89. The Balaban J connectivity index is 0.00000364. The third-order valence-electron chi connectivity index (χ3n) is 3.88. The fraction of sp³-hybridized carbons (Fsp3) is 0.381. The van der Waals surface area contributed by atoms with Gasteiger partial charge in [0.25, 0.3) is 0 Å². The van der Waals surface area contributed by atoms with E-state index in [0.29, 0.717) is 26.4 Å². The average Bonchev–Trinajstić information content (AvgIpc) is 2.67. The number of nitrogens with zero attached hydrogens (tertiary/aromatic N) is 1. The zero-order valence-electron chi connectivity index (χ0n) is 16.3. The standard InChI is InChI=1S/C21H29N3O2.HI/c1-4-25-12-13-26-20-14-17(2)10-11-19(20)16-24-21(22-3)23-15-18-8-6-5-7-9-18;/h5-11,14H,4,12-13,15-16H2,1-3H3,(H2,22,23,24);1H. The van der Waals surface area contributed by atoms with Crippen molar-refractivity contribution in [2.45, 2.75) is 26.9 Å². The van der Waals surface area contributed by atoms with E-state index in [-0.39, 0.29) is 24.0 Å². The number of benzene rings is 2. The highest BCUT2D eigenvalue weighted by atomic mass is 127. The highest BCUT2D eigenvalue weighted by Gasteiger charge is 2.06. The summed E-state index contributed by atoms with van der Waals surface area (Å²) in [4.78, 5) is 4.29. The second-order valence-electron chi connectivity index (χ2n) is 5.92. The second kappa shape index (κ2) is 13.4. The molecule has 0 aliphatic rings. The first kappa shape index (κ1) is 23.2. The van der Waals surface area contributed by atoms with Crippen LogP contribution in [0.4, 0.5) is 0 Å². The summed E-state index contributed by atoms with van der Waals surface area (Å²) in [6.45, 7) is 7.26. The lowest BCUT2D eigenvalue weighted by Crippen LogP contribution is -2.36. The summed E-state index contributed by atoms with van der Waals surface area (Å²) in [5, 5.41) is 6.67. The second-order valence-corrected chi connectivity index (χ2v) is 5.92.